The third kappa shape index (κ3) is 6.29. The van der Waals surface area contributed by atoms with Gasteiger partial charge in [0.1, 0.15) is 0 Å². The second kappa shape index (κ2) is 10.7. The zero-order valence-electron chi connectivity index (χ0n) is 17.1. The molecular weight excluding hydrogens is 438 g/mol. The number of rotatable bonds is 7. The van der Waals surface area contributed by atoms with Crippen molar-refractivity contribution in [2.24, 2.45) is 0 Å². The van der Waals surface area contributed by atoms with Crippen LogP contribution in [0.1, 0.15) is 31.2 Å². The number of hydrogen-bond donors (Lipinski definition) is 2. The Morgan fingerprint density at radius 1 is 0.968 bits per heavy atom. The van der Waals surface area contributed by atoms with Crippen LogP contribution in [-0.2, 0) is 26.2 Å². The molecule has 1 atom stereocenters. The third-order valence-electron chi connectivity index (χ3n) is 5.26. The molecule has 166 valence electrons. The van der Waals surface area contributed by atoms with Crippen LogP contribution in [0, 0.1) is 0 Å². The molecule has 0 aromatic heterocycles. The summed E-state index contributed by atoms with van der Waals surface area (Å²) in [5.41, 5.74) is 0.897. The van der Waals surface area contributed by atoms with Crippen molar-refractivity contribution >= 4 is 33.4 Å². The number of piperidine rings is 1. The quantitative estimate of drug-likeness (QED) is 0.617. The molecule has 2 amide bonds. The Hall–Kier alpha value is -2.42. The van der Waals surface area contributed by atoms with Crippen LogP contribution in [0.4, 0.5) is 0 Å². The molecule has 31 heavy (non-hydrogen) atoms. The maximum absolute atomic E-state index is 13.1. The first-order chi connectivity index (χ1) is 14.9. The van der Waals surface area contributed by atoms with Gasteiger partial charge in [0.15, 0.2) is 0 Å². The zero-order chi connectivity index (χ0) is 22.3. The van der Waals surface area contributed by atoms with Gasteiger partial charge in [-0.1, -0.05) is 48.4 Å². The Bertz CT molecular complexity index is 997. The average Bonchev–Trinajstić information content (AvgIpc) is 2.78. The third-order valence-corrected chi connectivity index (χ3v) is 7.48. The maximum Gasteiger partial charge on any atom is 0.309 e. The van der Waals surface area contributed by atoms with Crippen LogP contribution in [0.15, 0.2) is 59.5 Å². The smallest absolute Gasteiger partial charge is 0.309 e. The summed E-state index contributed by atoms with van der Waals surface area (Å²) in [5.74, 6) is -1.43. The van der Waals surface area contributed by atoms with Crippen LogP contribution in [0.5, 0.6) is 0 Å². The fourth-order valence-electron chi connectivity index (χ4n) is 3.61. The van der Waals surface area contributed by atoms with Crippen LogP contribution in [0.25, 0.3) is 0 Å². The van der Waals surface area contributed by atoms with Crippen molar-refractivity contribution in [2.75, 3.05) is 13.1 Å². The summed E-state index contributed by atoms with van der Waals surface area (Å²) in [6, 6.07) is 15.2. The van der Waals surface area contributed by atoms with Crippen LogP contribution < -0.4 is 10.6 Å². The minimum atomic E-state index is -3.65. The summed E-state index contributed by atoms with van der Waals surface area (Å²) in [6.45, 7) is 0.916. The van der Waals surface area contributed by atoms with Crippen molar-refractivity contribution in [3.8, 4) is 0 Å². The first kappa shape index (κ1) is 23.2. The number of sulfonamides is 1. The van der Waals surface area contributed by atoms with Gasteiger partial charge in [0, 0.05) is 30.7 Å². The van der Waals surface area contributed by atoms with Gasteiger partial charge < -0.3 is 10.6 Å². The van der Waals surface area contributed by atoms with E-state index in [-0.39, 0.29) is 24.0 Å². The minimum absolute atomic E-state index is 0.202. The molecule has 2 aromatic carbocycles. The molecule has 0 unspecified atom stereocenters. The number of hydrogen-bond acceptors (Lipinski definition) is 4. The standard InChI is InChI=1S/C22H26ClN3O4S/c23-18-9-11-20(12-10-18)31(29,30)26-15-5-4-8-19(26)13-14-24-21(27)22(28)25-16-17-6-2-1-3-7-17/h1-3,6-7,9-12,19H,4-5,8,13-16H2,(H,24,27)(H,25,28)/t19-/m1/s1. The van der Waals surface area contributed by atoms with E-state index in [2.05, 4.69) is 10.6 Å². The first-order valence-corrected chi connectivity index (χ1v) is 12.1. The van der Waals surface area contributed by atoms with Gasteiger partial charge in [0.25, 0.3) is 0 Å². The number of nitrogens with one attached hydrogen (secondary N) is 2. The van der Waals surface area contributed by atoms with E-state index in [1.54, 1.807) is 12.1 Å². The van der Waals surface area contributed by atoms with Gasteiger partial charge in [-0.05, 0) is 49.1 Å². The Balaban J connectivity index is 1.52. The lowest BCUT2D eigenvalue weighted by Crippen LogP contribution is -2.46. The van der Waals surface area contributed by atoms with Gasteiger partial charge >= 0.3 is 11.8 Å². The van der Waals surface area contributed by atoms with Crippen LogP contribution in [0.2, 0.25) is 5.02 Å². The fraction of sp³-hybridized carbons (Fsp3) is 0.364. The summed E-state index contributed by atoms with van der Waals surface area (Å²) < 4.78 is 27.6. The van der Waals surface area contributed by atoms with E-state index in [1.165, 1.54) is 16.4 Å². The number of halogens is 1. The molecule has 0 spiro atoms. The first-order valence-electron chi connectivity index (χ1n) is 10.3. The lowest BCUT2D eigenvalue weighted by molar-refractivity contribution is -0.139. The highest BCUT2D eigenvalue weighted by molar-refractivity contribution is 7.89. The molecule has 1 aliphatic heterocycles. The van der Waals surface area contributed by atoms with Crippen molar-refractivity contribution in [3.05, 3.63) is 65.2 Å². The molecule has 1 heterocycles. The Morgan fingerprint density at radius 3 is 2.35 bits per heavy atom. The van der Waals surface area contributed by atoms with Gasteiger partial charge in [0.2, 0.25) is 10.0 Å². The predicted octanol–water partition coefficient (Wildman–Crippen LogP) is 2.71. The molecule has 7 nitrogen and oxygen atoms in total. The second-order valence-electron chi connectivity index (χ2n) is 7.43. The monoisotopic (exact) mass is 463 g/mol. The highest BCUT2D eigenvalue weighted by atomic mass is 35.5. The van der Waals surface area contributed by atoms with Crippen molar-refractivity contribution in [1.82, 2.24) is 14.9 Å². The summed E-state index contributed by atoms with van der Waals surface area (Å²) in [4.78, 5) is 24.3. The molecule has 0 saturated carbocycles. The molecule has 0 radical (unpaired) electrons. The highest BCUT2D eigenvalue weighted by Gasteiger charge is 2.33. The van der Waals surface area contributed by atoms with E-state index >= 15 is 0 Å². The summed E-state index contributed by atoms with van der Waals surface area (Å²) in [5, 5.41) is 5.65. The number of carbonyl (C=O) groups excluding carboxylic acids is 2. The van der Waals surface area contributed by atoms with Gasteiger partial charge in [-0.2, -0.15) is 4.31 Å². The molecule has 1 aliphatic rings. The van der Waals surface area contributed by atoms with E-state index in [0.717, 1.165) is 18.4 Å². The maximum atomic E-state index is 13.1. The molecule has 1 fully saturated rings. The van der Waals surface area contributed by atoms with E-state index in [4.69, 9.17) is 11.6 Å². The fourth-order valence-corrected chi connectivity index (χ4v) is 5.46. The van der Waals surface area contributed by atoms with Crippen molar-refractivity contribution in [1.29, 1.82) is 0 Å². The lowest BCUT2D eigenvalue weighted by Gasteiger charge is -2.34. The number of nitrogens with zero attached hydrogens (tertiary/aromatic N) is 1. The van der Waals surface area contributed by atoms with Gasteiger partial charge in [-0.25, -0.2) is 8.42 Å². The van der Waals surface area contributed by atoms with Gasteiger partial charge in [-0.15, -0.1) is 0 Å². The molecule has 3 rings (SSSR count). The van der Waals surface area contributed by atoms with Gasteiger partial charge in [-0.3, -0.25) is 9.59 Å². The minimum Gasteiger partial charge on any atom is -0.348 e. The van der Waals surface area contributed by atoms with Crippen LogP contribution >= 0.6 is 11.6 Å². The summed E-state index contributed by atoms with van der Waals surface area (Å²) in [7, 11) is -3.65. The summed E-state index contributed by atoms with van der Waals surface area (Å²) in [6.07, 6.45) is 2.85. The topological polar surface area (TPSA) is 95.6 Å². The molecule has 2 aromatic rings. The van der Waals surface area contributed by atoms with Crippen LogP contribution in [-0.4, -0.2) is 43.7 Å². The van der Waals surface area contributed by atoms with Gasteiger partial charge in [0.05, 0.1) is 4.90 Å². The van der Waals surface area contributed by atoms with Crippen molar-refractivity contribution < 1.29 is 18.0 Å². The average molecular weight is 464 g/mol. The number of benzene rings is 2. The van der Waals surface area contributed by atoms with E-state index in [0.29, 0.717) is 24.4 Å². The lowest BCUT2D eigenvalue weighted by atomic mass is 10.0. The highest BCUT2D eigenvalue weighted by Crippen LogP contribution is 2.27. The number of carbonyl (C=O) groups is 2. The molecular formula is C22H26ClN3O4S. The molecule has 0 aliphatic carbocycles. The summed E-state index contributed by atoms with van der Waals surface area (Å²) >= 11 is 5.88. The molecule has 1 saturated heterocycles. The molecule has 2 N–H and O–H groups in total. The van der Waals surface area contributed by atoms with Crippen LogP contribution in [0.3, 0.4) is 0 Å². The Labute approximate surface area is 187 Å². The largest absolute Gasteiger partial charge is 0.348 e. The normalized spacial score (nSPS) is 17.1. The van der Waals surface area contributed by atoms with Crippen molar-refractivity contribution in [2.45, 2.75) is 43.2 Å². The predicted molar refractivity (Wildman–Crippen MR) is 119 cm³/mol. The Morgan fingerprint density at radius 2 is 1.65 bits per heavy atom. The molecule has 9 heteroatoms. The molecule has 0 bridgehead atoms. The number of amides is 2. The van der Waals surface area contributed by atoms with Crippen molar-refractivity contribution in [3.63, 3.8) is 0 Å². The SMILES string of the molecule is O=C(NCC[C@H]1CCCCN1S(=O)(=O)c1ccc(Cl)cc1)C(=O)NCc1ccccc1. The Kier molecular flexibility index (Phi) is 8.06. The zero-order valence-corrected chi connectivity index (χ0v) is 18.7. The van der Waals surface area contributed by atoms with E-state index < -0.39 is 21.8 Å². The van der Waals surface area contributed by atoms with E-state index in [9.17, 15) is 18.0 Å². The van der Waals surface area contributed by atoms with E-state index in [1.807, 2.05) is 30.3 Å². The second-order valence-corrected chi connectivity index (χ2v) is 9.76.